The topological polar surface area (TPSA) is 56.5 Å². The molecule has 98 valence electrons. The molecule has 18 heavy (non-hydrogen) atoms. The molecule has 0 unspecified atom stereocenters. The van der Waals surface area contributed by atoms with Crippen molar-refractivity contribution in [2.75, 3.05) is 32.2 Å². The van der Waals surface area contributed by atoms with E-state index in [1.165, 1.54) is 0 Å². The Hall–Kier alpha value is -1.57. The Bertz CT molecular complexity index is 424. The Morgan fingerprint density at radius 3 is 2.78 bits per heavy atom. The number of methoxy groups -OCH3 is 1. The summed E-state index contributed by atoms with van der Waals surface area (Å²) in [6.45, 7) is 3.25. The van der Waals surface area contributed by atoms with Crippen molar-refractivity contribution in [3.63, 3.8) is 0 Å². The quantitative estimate of drug-likeness (QED) is 0.783. The van der Waals surface area contributed by atoms with Crippen LogP contribution < -0.4 is 4.90 Å². The molecule has 0 radical (unpaired) electrons. The summed E-state index contributed by atoms with van der Waals surface area (Å²) in [6, 6.07) is 7.48. The fraction of sp³-hybridized carbons (Fsp3) is 0.500. The van der Waals surface area contributed by atoms with E-state index in [0.29, 0.717) is 12.2 Å². The minimum Gasteiger partial charge on any atom is -0.389 e. The van der Waals surface area contributed by atoms with E-state index >= 15 is 0 Å². The van der Waals surface area contributed by atoms with Crippen LogP contribution in [0.4, 0.5) is 5.69 Å². The van der Waals surface area contributed by atoms with Gasteiger partial charge in [0.15, 0.2) is 0 Å². The van der Waals surface area contributed by atoms with Gasteiger partial charge in [0.05, 0.1) is 17.7 Å². The summed E-state index contributed by atoms with van der Waals surface area (Å²) in [7, 11) is 3.63. The van der Waals surface area contributed by atoms with Crippen LogP contribution in [-0.4, -0.2) is 32.4 Å². The zero-order valence-corrected chi connectivity index (χ0v) is 11.2. The van der Waals surface area contributed by atoms with E-state index in [-0.39, 0.29) is 0 Å². The van der Waals surface area contributed by atoms with Crippen molar-refractivity contribution < 1.29 is 9.84 Å². The third-order valence-electron chi connectivity index (χ3n) is 2.86. The van der Waals surface area contributed by atoms with Gasteiger partial charge in [0.1, 0.15) is 0 Å². The Balaban J connectivity index is 2.93. The van der Waals surface area contributed by atoms with E-state index in [1.807, 2.05) is 24.1 Å². The summed E-state index contributed by atoms with van der Waals surface area (Å²) < 4.78 is 5.02. The second kappa shape index (κ2) is 7.00. The zero-order chi connectivity index (χ0) is 13.5. The third kappa shape index (κ3) is 3.73. The van der Waals surface area contributed by atoms with E-state index in [1.54, 1.807) is 20.1 Å². The number of ether oxygens (including phenoxy) is 1. The molecular weight excluding hydrogens is 228 g/mol. The van der Waals surface area contributed by atoms with Crippen LogP contribution in [0.5, 0.6) is 0 Å². The standard InChI is InChI=1S/C14H20N2O2/c1-11(17)13-6-5-12(10-15)9-14(13)16(2)7-4-8-18-3/h5-6,9,11,17H,4,7-8H2,1-3H3/t11-/m0/s1. The average Bonchev–Trinajstić information content (AvgIpc) is 2.38. The number of aliphatic hydroxyl groups is 1. The summed E-state index contributed by atoms with van der Waals surface area (Å²) in [4.78, 5) is 2.04. The summed E-state index contributed by atoms with van der Waals surface area (Å²) in [5.41, 5.74) is 2.35. The van der Waals surface area contributed by atoms with E-state index in [9.17, 15) is 5.11 Å². The molecule has 0 spiro atoms. The predicted octanol–water partition coefficient (Wildman–Crippen LogP) is 2.08. The van der Waals surface area contributed by atoms with Crippen LogP contribution in [0.3, 0.4) is 0 Å². The molecule has 1 rings (SSSR count). The maximum absolute atomic E-state index is 9.75. The lowest BCUT2D eigenvalue weighted by atomic mass is 10.0. The molecular formula is C14H20N2O2. The molecule has 0 aliphatic heterocycles. The fourth-order valence-corrected chi connectivity index (χ4v) is 1.86. The van der Waals surface area contributed by atoms with Crippen molar-refractivity contribution in [2.45, 2.75) is 19.4 Å². The molecule has 4 heteroatoms. The average molecular weight is 248 g/mol. The summed E-state index contributed by atoms with van der Waals surface area (Å²) in [5.74, 6) is 0. The van der Waals surface area contributed by atoms with Gasteiger partial charge in [0.25, 0.3) is 0 Å². The summed E-state index contributed by atoms with van der Waals surface area (Å²) in [6.07, 6.45) is 0.362. The zero-order valence-electron chi connectivity index (χ0n) is 11.2. The second-order valence-electron chi connectivity index (χ2n) is 4.33. The van der Waals surface area contributed by atoms with Gasteiger partial charge >= 0.3 is 0 Å². The molecule has 0 aliphatic carbocycles. The molecule has 0 bridgehead atoms. The molecule has 0 saturated heterocycles. The van der Waals surface area contributed by atoms with Gasteiger partial charge in [-0.05, 0) is 25.5 Å². The van der Waals surface area contributed by atoms with E-state index in [4.69, 9.17) is 10.00 Å². The monoisotopic (exact) mass is 248 g/mol. The first kappa shape index (κ1) is 14.5. The SMILES string of the molecule is COCCCN(C)c1cc(C#N)ccc1[C@H](C)O. The molecule has 1 aromatic carbocycles. The molecule has 4 nitrogen and oxygen atoms in total. The van der Waals surface area contributed by atoms with Gasteiger partial charge in [-0.1, -0.05) is 6.07 Å². The molecule has 0 saturated carbocycles. The Morgan fingerprint density at radius 2 is 2.22 bits per heavy atom. The maximum Gasteiger partial charge on any atom is 0.0992 e. The van der Waals surface area contributed by atoms with Crippen LogP contribution in [0, 0.1) is 11.3 Å². The van der Waals surface area contributed by atoms with Gasteiger partial charge in [0, 0.05) is 38.6 Å². The van der Waals surface area contributed by atoms with Crippen molar-refractivity contribution >= 4 is 5.69 Å². The van der Waals surface area contributed by atoms with Gasteiger partial charge in [-0.2, -0.15) is 5.26 Å². The lowest BCUT2D eigenvalue weighted by Gasteiger charge is -2.23. The maximum atomic E-state index is 9.75. The smallest absolute Gasteiger partial charge is 0.0992 e. The molecule has 1 N–H and O–H groups in total. The van der Waals surface area contributed by atoms with Crippen LogP contribution in [0.15, 0.2) is 18.2 Å². The number of rotatable bonds is 6. The van der Waals surface area contributed by atoms with Crippen LogP contribution in [0.25, 0.3) is 0 Å². The predicted molar refractivity (Wildman–Crippen MR) is 71.6 cm³/mol. The van der Waals surface area contributed by atoms with Crippen LogP contribution in [-0.2, 0) is 4.74 Å². The Morgan fingerprint density at radius 1 is 1.50 bits per heavy atom. The van der Waals surface area contributed by atoms with Gasteiger partial charge in [0.2, 0.25) is 0 Å². The number of anilines is 1. The van der Waals surface area contributed by atoms with E-state index in [0.717, 1.165) is 24.2 Å². The Labute approximate surface area is 108 Å². The van der Waals surface area contributed by atoms with Crippen molar-refractivity contribution in [3.8, 4) is 6.07 Å². The fourth-order valence-electron chi connectivity index (χ4n) is 1.86. The molecule has 1 atom stereocenters. The highest BCUT2D eigenvalue weighted by molar-refractivity contribution is 5.58. The first-order chi connectivity index (χ1) is 8.60. The van der Waals surface area contributed by atoms with E-state index in [2.05, 4.69) is 6.07 Å². The summed E-state index contributed by atoms with van der Waals surface area (Å²) in [5, 5.41) is 18.7. The highest BCUT2D eigenvalue weighted by Crippen LogP contribution is 2.26. The van der Waals surface area contributed by atoms with Crippen molar-refractivity contribution in [2.24, 2.45) is 0 Å². The molecule has 0 aromatic heterocycles. The highest BCUT2D eigenvalue weighted by atomic mass is 16.5. The molecule has 0 fully saturated rings. The van der Waals surface area contributed by atoms with Gasteiger partial charge in [-0.3, -0.25) is 0 Å². The van der Waals surface area contributed by atoms with E-state index < -0.39 is 6.10 Å². The first-order valence-corrected chi connectivity index (χ1v) is 6.02. The van der Waals surface area contributed by atoms with Crippen LogP contribution >= 0.6 is 0 Å². The van der Waals surface area contributed by atoms with Crippen molar-refractivity contribution in [1.29, 1.82) is 5.26 Å². The lowest BCUT2D eigenvalue weighted by molar-refractivity contribution is 0.195. The number of benzene rings is 1. The lowest BCUT2D eigenvalue weighted by Crippen LogP contribution is -2.21. The third-order valence-corrected chi connectivity index (χ3v) is 2.86. The van der Waals surface area contributed by atoms with Crippen molar-refractivity contribution in [3.05, 3.63) is 29.3 Å². The minimum absolute atomic E-state index is 0.544. The summed E-state index contributed by atoms with van der Waals surface area (Å²) >= 11 is 0. The number of hydrogen-bond donors (Lipinski definition) is 1. The Kier molecular flexibility index (Phi) is 5.63. The van der Waals surface area contributed by atoms with Crippen molar-refractivity contribution in [1.82, 2.24) is 0 Å². The van der Waals surface area contributed by atoms with Gasteiger partial charge in [-0.15, -0.1) is 0 Å². The van der Waals surface area contributed by atoms with Gasteiger partial charge < -0.3 is 14.7 Å². The second-order valence-corrected chi connectivity index (χ2v) is 4.33. The number of nitrogens with zero attached hydrogens (tertiary/aromatic N) is 2. The normalized spacial score (nSPS) is 11.9. The number of hydrogen-bond acceptors (Lipinski definition) is 4. The largest absolute Gasteiger partial charge is 0.389 e. The number of nitriles is 1. The minimum atomic E-state index is -0.544. The molecule has 0 aliphatic rings. The molecule has 0 amide bonds. The first-order valence-electron chi connectivity index (χ1n) is 6.02. The van der Waals surface area contributed by atoms with Crippen LogP contribution in [0.1, 0.15) is 30.6 Å². The van der Waals surface area contributed by atoms with Gasteiger partial charge in [-0.25, -0.2) is 0 Å². The number of aliphatic hydroxyl groups excluding tert-OH is 1. The highest BCUT2D eigenvalue weighted by Gasteiger charge is 2.12. The molecule has 0 heterocycles. The molecule has 1 aromatic rings. The van der Waals surface area contributed by atoms with Crippen LogP contribution in [0.2, 0.25) is 0 Å².